The van der Waals surface area contributed by atoms with Gasteiger partial charge in [-0.1, -0.05) is 121 Å². The second kappa shape index (κ2) is 12.2. The Labute approximate surface area is 287 Å². The van der Waals surface area contributed by atoms with Gasteiger partial charge in [0.05, 0.1) is 16.9 Å². The van der Waals surface area contributed by atoms with Crippen molar-refractivity contribution in [2.45, 2.75) is 38.9 Å². The van der Waals surface area contributed by atoms with Crippen LogP contribution in [-0.2, 0) is 9.31 Å². The lowest BCUT2D eigenvalue weighted by atomic mass is 9.75. The summed E-state index contributed by atoms with van der Waals surface area (Å²) in [6.45, 7) is 8.30. The van der Waals surface area contributed by atoms with E-state index < -0.39 is 18.3 Å². The van der Waals surface area contributed by atoms with Crippen molar-refractivity contribution >= 4 is 23.4 Å². The fraction of sp³-hybridized carbons (Fsp3) is 0.143. The second-order valence-corrected chi connectivity index (χ2v) is 13.4. The molecule has 0 bridgehead atoms. The Kier molecular flexibility index (Phi) is 7.67. The van der Waals surface area contributed by atoms with Crippen LogP contribution in [0.5, 0.6) is 0 Å². The van der Waals surface area contributed by atoms with Crippen molar-refractivity contribution in [1.82, 2.24) is 19.9 Å². The van der Waals surface area contributed by atoms with Gasteiger partial charge in [0.1, 0.15) is 0 Å². The number of hydrogen-bond donors (Lipinski definition) is 0. The van der Waals surface area contributed by atoms with Gasteiger partial charge < -0.3 is 9.31 Å². The van der Waals surface area contributed by atoms with E-state index in [0.29, 0.717) is 17.5 Å². The number of fused-ring (bicyclic) bond motifs is 1. The van der Waals surface area contributed by atoms with Crippen molar-refractivity contribution in [2.24, 2.45) is 0 Å². The van der Waals surface area contributed by atoms with Gasteiger partial charge >= 0.3 is 7.12 Å². The first-order chi connectivity index (χ1) is 23.8. The Balaban J connectivity index is 1.25. The summed E-state index contributed by atoms with van der Waals surface area (Å²) in [6.07, 6.45) is 1.80. The highest BCUT2D eigenvalue weighted by Gasteiger charge is 2.52. The number of hydrogen-bond acceptors (Lipinski definition) is 6. The molecule has 6 nitrogen and oxygen atoms in total. The molecular weight excluding hydrogens is 603 g/mol. The number of aromatic nitrogens is 4. The molecular formula is C42H35BN4O2. The molecule has 2 aromatic heterocycles. The maximum Gasteiger partial charge on any atom is 0.495 e. The zero-order chi connectivity index (χ0) is 33.6. The smallest absolute Gasteiger partial charge is 0.399 e. The van der Waals surface area contributed by atoms with Crippen LogP contribution in [0.25, 0.3) is 67.3 Å². The van der Waals surface area contributed by atoms with Crippen molar-refractivity contribution in [2.75, 3.05) is 0 Å². The number of pyridine rings is 1. The first kappa shape index (κ1) is 30.8. The zero-order valence-electron chi connectivity index (χ0n) is 28.0. The van der Waals surface area contributed by atoms with E-state index in [0.717, 1.165) is 55.3 Å². The summed E-state index contributed by atoms with van der Waals surface area (Å²) in [5.41, 5.74) is 7.03. The molecule has 0 atom stereocenters. The summed E-state index contributed by atoms with van der Waals surface area (Å²) in [7, 11) is -0.492. The third-order valence-electron chi connectivity index (χ3n) is 9.70. The zero-order valence-corrected chi connectivity index (χ0v) is 28.0. The molecule has 1 aliphatic rings. The Morgan fingerprint density at radius 1 is 0.449 bits per heavy atom. The van der Waals surface area contributed by atoms with Crippen LogP contribution in [0, 0.1) is 0 Å². The van der Waals surface area contributed by atoms with Gasteiger partial charge in [-0.25, -0.2) is 15.0 Å². The molecule has 1 fully saturated rings. The summed E-state index contributed by atoms with van der Waals surface area (Å²) in [4.78, 5) is 19.7. The molecule has 3 heterocycles. The SMILES string of the molecule is CC1(C)OB(c2ccc(-c3nc(-c4ccc(-c5ccccc5)cc4)nc(-c4ccc(-c5ccccn5)cc4)n3)c3ccccc23)OC1(C)C. The van der Waals surface area contributed by atoms with E-state index in [-0.39, 0.29) is 0 Å². The predicted octanol–water partition coefficient (Wildman–Crippen LogP) is 9.05. The molecule has 0 N–H and O–H groups in total. The Bertz CT molecular complexity index is 2160. The molecule has 1 saturated heterocycles. The third kappa shape index (κ3) is 5.82. The van der Waals surface area contributed by atoms with Crippen LogP contribution >= 0.6 is 0 Å². The van der Waals surface area contributed by atoms with Gasteiger partial charge in [-0.05, 0) is 67.2 Å². The minimum atomic E-state index is -0.492. The van der Waals surface area contributed by atoms with Crippen molar-refractivity contribution in [3.05, 3.63) is 140 Å². The molecule has 1 aliphatic heterocycles. The van der Waals surface area contributed by atoms with E-state index >= 15 is 0 Å². The van der Waals surface area contributed by atoms with Gasteiger partial charge in [-0.15, -0.1) is 0 Å². The average Bonchev–Trinajstić information content (AvgIpc) is 3.37. The lowest BCUT2D eigenvalue weighted by Gasteiger charge is -2.32. The van der Waals surface area contributed by atoms with Crippen LogP contribution in [0.1, 0.15) is 27.7 Å². The normalized spacial score (nSPS) is 15.1. The molecule has 238 valence electrons. The Morgan fingerprint density at radius 3 is 1.57 bits per heavy atom. The molecule has 0 spiro atoms. The standard InChI is InChI=1S/C42H35BN4O2/c1-41(2)42(3,4)49-43(48-41)36-26-25-35(33-14-8-9-15-34(33)36)40-46-38(31-21-17-29(18-22-31)28-12-6-5-7-13-28)45-39(47-40)32-23-19-30(20-24-32)37-16-10-11-27-44-37/h5-27H,1-4H3. The van der Waals surface area contributed by atoms with Crippen LogP contribution in [0.2, 0.25) is 0 Å². The van der Waals surface area contributed by atoms with Crippen LogP contribution < -0.4 is 5.46 Å². The van der Waals surface area contributed by atoms with Gasteiger partial charge in [0.2, 0.25) is 0 Å². The van der Waals surface area contributed by atoms with E-state index in [4.69, 9.17) is 24.3 Å². The highest BCUT2D eigenvalue weighted by atomic mass is 16.7. The average molecular weight is 639 g/mol. The molecule has 49 heavy (non-hydrogen) atoms. The first-order valence-corrected chi connectivity index (χ1v) is 16.6. The molecule has 0 unspecified atom stereocenters. The summed E-state index contributed by atoms with van der Waals surface area (Å²) < 4.78 is 12.9. The van der Waals surface area contributed by atoms with E-state index in [2.05, 4.69) is 118 Å². The summed E-state index contributed by atoms with van der Waals surface area (Å²) in [5, 5.41) is 2.05. The van der Waals surface area contributed by atoms with Crippen molar-refractivity contribution in [3.63, 3.8) is 0 Å². The maximum atomic E-state index is 6.47. The summed E-state index contributed by atoms with van der Waals surface area (Å²) in [5.74, 6) is 1.80. The van der Waals surface area contributed by atoms with Crippen molar-refractivity contribution in [3.8, 4) is 56.5 Å². The minimum Gasteiger partial charge on any atom is -0.399 e. The van der Waals surface area contributed by atoms with Crippen LogP contribution in [-0.4, -0.2) is 38.3 Å². The molecule has 7 heteroatoms. The molecule has 5 aromatic carbocycles. The minimum absolute atomic E-state index is 0.447. The van der Waals surface area contributed by atoms with Gasteiger partial charge in [0.15, 0.2) is 17.5 Å². The summed E-state index contributed by atoms with van der Waals surface area (Å²) >= 11 is 0. The molecule has 0 saturated carbocycles. The number of benzene rings is 5. The maximum absolute atomic E-state index is 6.47. The fourth-order valence-electron chi connectivity index (χ4n) is 6.21. The van der Waals surface area contributed by atoms with Gasteiger partial charge in [0, 0.05) is 28.5 Å². The first-order valence-electron chi connectivity index (χ1n) is 16.6. The number of nitrogens with zero attached hydrogens (tertiary/aromatic N) is 4. The largest absolute Gasteiger partial charge is 0.495 e. The molecule has 0 amide bonds. The van der Waals surface area contributed by atoms with E-state index in [9.17, 15) is 0 Å². The molecule has 0 aliphatic carbocycles. The highest BCUT2D eigenvalue weighted by molar-refractivity contribution is 6.65. The fourth-order valence-corrected chi connectivity index (χ4v) is 6.21. The van der Waals surface area contributed by atoms with E-state index in [1.165, 1.54) is 0 Å². The van der Waals surface area contributed by atoms with E-state index in [1.807, 2.05) is 48.5 Å². The van der Waals surface area contributed by atoms with Crippen molar-refractivity contribution in [1.29, 1.82) is 0 Å². The van der Waals surface area contributed by atoms with Gasteiger partial charge in [-0.2, -0.15) is 0 Å². The van der Waals surface area contributed by atoms with Crippen LogP contribution in [0.15, 0.2) is 140 Å². The topological polar surface area (TPSA) is 70.0 Å². The molecule has 0 radical (unpaired) electrons. The molecule has 8 rings (SSSR count). The molecule has 7 aromatic rings. The monoisotopic (exact) mass is 638 g/mol. The van der Waals surface area contributed by atoms with Gasteiger partial charge in [0.25, 0.3) is 0 Å². The van der Waals surface area contributed by atoms with Crippen molar-refractivity contribution < 1.29 is 9.31 Å². The number of rotatable bonds is 6. The van der Waals surface area contributed by atoms with Crippen LogP contribution in [0.4, 0.5) is 0 Å². The summed E-state index contributed by atoms with van der Waals surface area (Å²) in [6, 6.07) is 45.3. The lowest BCUT2D eigenvalue weighted by Crippen LogP contribution is -2.41. The Hall–Kier alpha value is -5.50. The Morgan fingerprint density at radius 2 is 0.959 bits per heavy atom. The quantitative estimate of drug-likeness (QED) is 0.169. The van der Waals surface area contributed by atoms with Gasteiger partial charge in [-0.3, -0.25) is 4.98 Å². The van der Waals surface area contributed by atoms with Crippen LogP contribution in [0.3, 0.4) is 0 Å². The predicted molar refractivity (Wildman–Crippen MR) is 198 cm³/mol. The third-order valence-corrected chi connectivity index (χ3v) is 9.70. The van der Waals surface area contributed by atoms with E-state index in [1.54, 1.807) is 6.20 Å². The second-order valence-electron chi connectivity index (χ2n) is 13.4. The lowest BCUT2D eigenvalue weighted by molar-refractivity contribution is 0.00578. The highest BCUT2D eigenvalue weighted by Crippen LogP contribution is 2.38.